The van der Waals surface area contributed by atoms with Gasteiger partial charge >= 0.3 is 0 Å². The molecule has 6 heteroatoms. The van der Waals surface area contributed by atoms with Gasteiger partial charge in [0.15, 0.2) is 5.82 Å². The highest BCUT2D eigenvalue weighted by atomic mass is 35.5. The second-order valence-electron chi connectivity index (χ2n) is 4.94. The number of benzene rings is 1. The number of carbonyl (C=O) groups excluding carboxylic acids is 1. The highest BCUT2D eigenvalue weighted by molar-refractivity contribution is 6.31. The fourth-order valence-corrected chi connectivity index (χ4v) is 2.73. The Morgan fingerprint density at radius 3 is 2.95 bits per heavy atom. The summed E-state index contributed by atoms with van der Waals surface area (Å²) in [6.07, 6.45) is 2.93. The van der Waals surface area contributed by atoms with Crippen LogP contribution in [0.5, 0.6) is 0 Å². The van der Waals surface area contributed by atoms with Gasteiger partial charge in [-0.3, -0.25) is 4.79 Å². The van der Waals surface area contributed by atoms with Crippen LogP contribution in [0.2, 0.25) is 5.02 Å². The molecule has 20 heavy (non-hydrogen) atoms. The smallest absolute Gasteiger partial charge is 0.256 e. The van der Waals surface area contributed by atoms with Crippen LogP contribution >= 0.6 is 24.0 Å². The van der Waals surface area contributed by atoms with Crippen molar-refractivity contribution in [2.24, 2.45) is 11.7 Å². The second-order valence-corrected chi connectivity index (χ2v) is 5.35. The van der Waals surface area contributed by atoms with E-state index in [1.165, 1.54) is 12.1 Å². The molecule has 0 aromatic heterocycles. The third kappa shape index (κ3) is 3.84. The second kappa shape index (κ2) is 7.81. The molecule has 0 saturated carbocycles. The number of piperidine rings is 1. The van der Waals surface area contributed by atoms with Gasteiger partial charge in [0.1, 0.15) is 0 Å². The number of rotatable bonds is 3. The summed E-state index contributed by atoms with van der Waals surface area (Å²) >= 11 is 5.71. The molecule has 1 heterocycles. The summed E-state index contributed by atoms with van der Waals surface area (Å²) in [4.78, 5) is 14.0. The number of nitrogens with zero attached hydrogens (tertiary/aromatic N) is 1. The fraction of sp³-hybridized carbons (Fsp3) is 0.500. The number of hydrogen-bond acceptors (Lipinski definition) is 2. The van der Waals surface area contributed by atoms with E-state index in [0.717, 1.165) is 19.3 Å². The van der Waals surface area contributed by atoms with E-state index in [1.807, 2.05) is 0 Å². The van der Waals surface area contributed by atoms with Crippen LogP contribution in [-0.4, -0.2) is 30.4 Å². The van der Waals surface area contributed by atoms with Crippen LogP contribution in [0.25, 0.3) is 0 Å². The van der Waals surface area contributed by atoms with Crippen molar-refractivity contribution >= 4 is 29.9 Å². The molecule has 1 aromatic rings. The number of halogens is 3. The van der Waals surface area contributed by atoms with Crippen LogP contribution in [0, 0.1) is 11.7 Å². The number of amides is 1. The number of nitrogens with two attached hydrogens (primary N) is 1. The van der Waals surface area contributed by atoms with Crippen LogP contribution in [0.4, 0.5) is 4.39 Å². The van der Waals surface area contributed by atoms with E-state index in [1.54, 1.807) is 11.0 Å². The van der Waals surface area contributed by atoms with Crippen molar-refractivity contribution < 1.29 is 9.18 Å². The van der Waals surface area contributed by atoms with Gasteiger partial charge in [-0.15, -0.1) is 12.4 Å². The molecule has 2 N–H and O–H groups in total. The first-order valence-corrected chi connectivity index (χ1v) is 6.94. The fourth-order valence-electron chi connectivity index (χ4n) is 2.56. The molecule has 1 fully saturated rings. The van der Waals surface area contributed by atoms with Crippen molar-refractivity contribution in [3.05, 3.63) is 34.6 Å². The Labute approximate surface area is 129 Å². The summed E-state index contributed by atoms with van der Waals surface area (Å²) in [6, 6.07) is 4.52. The first-order valence-electron chi connectivity index (χ1n) is 6.57. The summed E-state index contributed by atoms with van der Waals surface area (Å²) in [5, 5.41) is -0.0126. The van der Waals surface area contributed by atoms with Crippen LogP contribution in [0.15, 0.2) is 18.2 Å². The van der Waals surface area contributed by atoms with E-state index >= 15 is 0 Å². The molecular weight excluding hydrogens is 302 g/mol. The highest BCUT2D eigenvalue weighted by Gasteiger charge is 2.26. The minimum Gasteiger partial charge on any atom is -0.338 e. The van der Waals surface area contributed by atoms with E-state index in [9.17, 15) is 9.18 Å². The molecule has 2 rings (SSSR count). The minimum absolute atomic E-state index is 0. The maximum Gasteiger partial charge on any atom is 0.256 e. The Hall–Kier alpha value is -0.840. The molecule has 1 unspecified atom stereocenters. The van der Waals surface area contributed by atoms with E-state index in [0.29, 0.717) is 25.6 Å². The monoisotopic (exact) mass is 320 g/mol. The Morgan fingerprint density at radius 1 is 1.50 bits per heavy atom. The molecule has 0 spiro atoms. The Balaban J connectivity index is 0.00000200. The van der Waals surface area contributed by atoms with Crippen LogP contribution in [-0.2, 0) is 0 Å². The predicted molar refractivity (Wildman–Crippen MR) is 81.0 cm³/mol. The molecule has 3 nitrogen and oxygen atoms in total. The molecule has 1 amide bonds. The Morgan fingerprint density at radius 2 is 2.25 bits per heavy atom. The van der Waals surface area contributed by atoms with Crippen molar-refractivity contribution in [2.75, 3.05) is 19.6 Å². The van der Waals surface area contributed by atoms with Gasteiger partial charge in [-0.05, 0) is 43.9 Å². The molecule has 1 aromatic carbocycles. The van der Waals surface area contributed by atoms with E-state index < -0.39 is 5.82 Å². The first kappa shape index (κ1) is 17.2. The summed E-state index contributed by atoms with van der Waals surface area (Å²) in [6.45, 7) is 1.95. The van der Waals surface area contributed by atoms with Gasteiger partial charge in [0.2, 0.25) is 0 Å². The minimum atomic E-state index is -0.630. The summed E-state index contributed by atoms with van der Waals surface area (Å²) < 4.78 is 13.9. The molecule has 0 radical (unpaired) electrons. The highest BCUT2D eigenvalue weighted by Crippen LogP contribution is 2.23. The molecule has 1 aliphatic rings. The molecule has 1 aliphatic heterocycles. The lowest BCUT2D eigenvalue weighted by molar-refractivity contribution is 0.0665. The van der Waals surface area contributed by atoms with Crippen molar-refractivity contribution in [1.82, 2.24) is 4.90 Å². The van der Waals surface area contributed by atoms with Crippen LogP contribution < -0.4 is 5.73 Å². The lowest BCUT2D eigenvalue weighted by Crippen LogP contribution is -2.40. The zero-order valence-corrected chi connectivity index (χ0v) is 12.7. The topological polar surface area (TPSA) is 46.3 Å². The average molecular weight is 321 g/mol. The van der Waals surface area contributed by atoms with Gasteiger partial charge in [-0.2, -0.15) is 0 Å². The molecule has 0 bridgehead atoms. The third-order valence-electron chi connectivity index (χ3n) is 3.56. The largest absolute Gasteiger partial charge is 0.338 e. The zero-order chi connectivity index (χ0) is 13.8. The van der Waals surface area contributed by atoms with Crippen molar-refractivity contribution in [1.29, 1.82) is 0 Å². The standard InChI is InChI=1S/C14H18ClFN2O.ClH/c15-12-5-1-4-11(13(12)16)14(19)18-8-2-3-10(9-18)6-7-17;/h1,4-5,10H,2-3,6-9,17H2;1H. The molecule has 112 valence electrons. The van der Waals surface area contributed by atoms with Crippen LogP contribution in [0.1, 0.15) is 29.6 Å². The summed E-state index contributed by atoms with van der Waals surface area (Å²) in [5.41, 5.74) is 5.61. The lowest BCUT2D eigenvalue weighted by atomic mass is 9.94. The first-order chi connectivity index (χ1) is 9.13. The van der Waals surface area contributed by atoms with E-state index in [-0.39, 0.29) is 28.9 Å². The van der Waals surface area contributed by atoms with Gasteiger partial charge in [0.25, 0.3) is 5.91 Å². The van der Waals surface area contributed by atoms with E-state index in [2.05, 4.69) is 0 Å². The predicted octanol–water partition coefficient (Wildman–Crippen LogP) is 3.10. The van der Waals surface area contributed by atoms with Crippen LogP contribution in [0.3, 0.4) is 0 Å². The van der Waals surface area contributed by atoms with Gasteiger partial charge in [0.05, 0.1) is 10.6 Å². The van der Waals surface area contributed by atoms with Crippen molar-refractivity contribution in [2.45, 2.75) is 19.3 Å². The summed E-state index contributed by atoms with van der Waals surface area (Å²) in [7, 11) is 0. The van der Waals surface area contributed by atoms with Crippen molar-refractivity contribution in [3.8, 4) is 0 Å². The van der Waals surface area contributed by atoms with Crippen molar-refractivity contribution in [3.63, 3.8) is 0 Å². The number of carbonyl (C=O) groups is 1. The molecule has 1 saturated heterocycles. The molecule has 0 aliphatic carbocycles. The quantitative estimate of drug-likeness (QED) is 0.930. The molecular formula is C14H19Cl2FN2O. The normalized spacial score (nSPS) is 18.6. The molecule has 1 atom stereocenters. The SMILES string of the molecule is Cl.NCCC1CCCN(C(=O)c2cccc(Cl)c2F)C1. The van der Waals surface area contributed by atoms with Gasteiger partial charge in [-0.1, -0.05) is 17.7 Å². The lowest BCUT2D eigenvalue weighted by Gasteiger charge is -2.32. The van der Waals surface area contributed by atoms with Gasteiger partial charge in [0, 0.05) is 13.1 Å². The Bertz CT molecular complexity index is 468. The number of likely N-dealkylation sites (tertiary alicyclic amines) is 1. The maximum atomic E-state index is 13.9. The zero-order valence-electron chi connectivity index (χ0n) is 11.1. The summed E-state index contributed by atoms with van der Waals surface area (Å²) in [5.74, 6) is -0.484. The maximum absolute atomic E-state index is 13.9. The average Bonchev–Trinajstić information content (AvgIpc) is 2.42. The van der Waals surface area contributed by atoms with Gasteiger partial charge in [-0.25, -0.2) is 4.39 Å². The van der Waals surface area contributed by atoms with Gasteiger partial charge < -0.3 is 10.6 Å². The third-order valence-corrected chi connectivity index (χ3v) is 3.86. The van der Waals surface area contributed by atoms with E-state index in [4.69, 9.17) is 17.3 Å². The Kier molecular flexibility index (Phi) is 6.72. The number of hydrogen-bond donors (Lipinski definition) is 1.